The van der Waals surface area contributed by atoms with E-state index in [2.05, 4.69) is 10.1 Å². The number of carbonyl (C=O) groups excluding carboxylic acids is 1. The van der Waals surface area contributed by atoms with Crippen molar-refractivity contribution >= 4 is 5.91 Å². The molecular formula is C22H23N3O3. The van der Waals surface area contributed by atoms with Crippen LogP contribution in [0.5, 0.6) is 5.75 Å². The van der Waals surface area contributed by atoms with Crippen molar-refractivity contribution in [2.24, 2.45) is 0 Å². The second-order valence-corrected chi connectivity index (χ2v) is 6.89. The Morgan fingerprint density at radius 3 is 2.79 bits per heavy atom. The van der Waals surface area contributed by atoms with Gasteiger partial charge in [-0.3, -0.25) is 4.79 Å². The van der Waals surface area contributed by atoms with Gasteiger partial charge in [-0.1, -0.05) is 47.6 Å². The minimum atomic E-state index is -0.153. The Balaban J connectivity index is 1.48. The highest BCUT2D eigenvalue weighted by Gasteiger charge is 2.34. The number of ether oxygens (including phenoxy) is 1. The summed E-state index contributed by atoms with van der Waals surface area (Å²) in [6.45, 7) is 0.727. The number of amides is 1. The van der Waals surface area contributed by atoms with E-state index < -0.39 is 0 Å². The molecule has 0 unspecified atom stereocenters. The van der Waals surface area contributed by atoms with Gasteiger partial charge in [0.15, 0.2) is 0 Å². The SMILES string of the molecule is COc1ccccc1-c1noc([C@H]2CCCN2C(=O)CCc2ccccc2)n1. The van der Waals surface area contributed by atoms with Crippen LogP contribution in [0.4, 0.5) is 0 Å². The lowest BCUT2D eigenvalue weighted by Crippen LogP contribution is -2.30. The molecule has 1 fully saturated rings. The van der Waals surface area contributed by atoms with E-state index in [4.69, 9.17) is 9.26 Å². The molecule has 0 bridgehead atoms. The number of nitrogens with zero attached hydrogens (tertiary/aromatic N) is 3. The molecule has 0 N–H and O–H groups in total. The average molecular weight is 377 g/mol. The lowest BCUT2D eigenvalue weighted by Gasteiger charge is -2.21. The minimum absolute atomic E-state index is 0.128. The Bertz CT molecular complexity index is 939. The van der Waals surface area contributed by atoms with Crippen LogP contribution in [-0.4, -0.2) is 34.6 Å². The number of methoxy groups -OCH3 is 1. The number of hydrogen-bond acceptors (Lipinski definition) is 5. The minimum Gasteiger partial charge on any atom is -0.496 e. The van der Waals surface area contributed by atoms with Crippen LogP contribution in [-0.2, 0) is 11.2 Å². The van der Waals surface area contributed by atoms with Crippen LogP contribution < -0.4 is 4.74 Å². The Labute approximate surface area is 164 Å². The molecule has 6 nitrogen and oxygen atoms in total. The molecule has 2 aromatic carbocycles. The molecule has 0 spiro atoms. The molecule has 1 aliphatic rings. The van der Waals surface area contributed by atoms with E-state index in [-0.39, 0.29) is 11.9 Å². The first-order valence-electron chi connectivity index (χ1n) is 9.56. The van der Waals surface area contributed by atoms with Gasteiger partial charge < -0.3 is 14.2 Å². The van der Waals surface area contributed by atoms with Crippen LogP contribution in [0, 0.1) is 0 Å². The fourth-order valence-electron chi connectivity index (χ4n) is 3.67. The molecule has 1 amide bonds. The van der Waals surface area contributed by atoms with Gasteiger partial charge in [-0.05, 0) is 37.0 Å². The summed E-state index contributed by atoms with van der Waals surface area (Å²) in [7, 11) is 1.62. The van der Waals surface area contributed by atoms with Gasteiger partial charge in [0, 0.05) is 13.0 Å². The van der Waals surface area contributed by atoms with Gasteiger partial charge in [0.2, 0.25) is 17.6 Å². The maximum absolute atomic E-state index is 12.8. The second kappa shape index (κ2) is 8.25. The average Bonchev–Trinajstić information content (AvgIpc) is 3.42. The van der Waals surface area contributed by atoms with Gasteiger partial charge in [0.05, 0.1) is 12.7 Å². The summed E-state index contributed by atoms with van der Waals surface area (Å²) in [5, 5.41) is 4.12. The van der Waals surface area contributed by atoms with Crippen molar-refractivity contribution in [1.82, 2.24) is 15.0 Å². The number of carbonyl (C=O) groups is 1. The first kappa shape index (κ1) is 18.2. The Morgan fingerprint density at radius 2 is 1.96 bits per heavy atom. The lowest BCUT2D eigenvalue weighted by atomic mass is 10.1. The summed E-state index contributed by atoms with van der Waals surface area (Å²) in [4.78, 5) is 19.2. The van der Waals surface area contributed by atoms with Crippen molar-refractivity contribution in [3.8, 4) is 17.1 Å². The highest BCUT2D eigenvalue weighted by atomic mass is 16.5. The molecule has 1 aliphatic heterocycles. The van der Waals surface area contributed by atoms with Crippen molar-refractivity contribution in [1.29, 1.82) is 0 Å². The molecule has 1 saturated heterocycles. The molecule has 1 aromatic heterocycles. The lowest BCUT2D eigenvalue weighted by molar-refractivity contribution is -0.132. The zero-order chi connectivity index (χ0) is 19.3. The fraction of sp³-hybridized carbons (Fsp3) is 0.318. The number of rotatable bonds is 6. The van der Waals surface area contributed by atoms with E-state index in [1.54, 1.807) is 7.11 Å². The fourth-order valence-corrected chi connectivity index (χ4v) is 3.67. The van der Waals surface area contributed by atoms with Crippen molar-refractivity contribution < 1.29 is 14.1 Å². The normalized spacial score (nSPS) is 16.3. The van der Waals surface area contributed by atoms with Crippen LogP contribution in [0.25, 0.3) is 11.4 Å². The predicted octanol–water partition coefficient (Wildman–Crippen LogP) is 4.04. The number of likely N-dealkylation sites (tertiary alicyclic amines) is 1. The number of para-hydroxylation sites is 1. The maximum Gasteiger partial charge on any atom is 0.249 e. The second-order valence-electron chi connectivity index (χ2n) is 6.89. The molecule has 0 aliphatic carbocycles. The third-order valence-electron chi connectivity index (χ3n) is 5.12. The van der Waals surface area contributed by atoms with E-state index in [0.29, 0.717) is 23.9 Å². The predicted molar refractivity (Wildman–Crippen MR) is 105 cm³/mol. The van der Waals surface area contributed by atoms with Crippen molar-refractivity contribution in [2.45, 2.75) is 31.7 Å². The Kier molecular flexibility index (Phi) is 5.37. The summed E-state index contributed by atoms with van der Waals surface area (Å²) in [6, 6.07) is 17.5. The Hall–Kier alpha value is -3.15. The molecule has 1 atom stereocenters. The molecule has 6 heteroatoms. The molecule has 4 rings (SSSR count). The summed E-state index contributed by atoms with van der Waals surface area (Å²) >= 11 is 0. The van der Waals surface area contributed by atoms with Crippen LogP contribution >= 0.6 is 0 Å². The molecule has 0 radical (unpaired) electrons. The first-order valence-corrected chi connectivity index (χ1v) is 9.56. The number of aryl methyl sites for hydroxylation is 1. The van der Waals surface area contributed by atoms with Crippen LogP contribution in [0.1, 0.15) is 36.8 Å². The van der Waals surface area contributed by atoms with Gasteiger partial charge in [0.25, 0.3) is 0 Å². The zero-order valence-corrected chi connectivity index (χ0v) is 15.9. The summed E-state index contributed by atoms with van der Waals surface area (Å²) in [5.74, 6) is 1.79. The summed E-state index contributed by atoms with van der Waals surface area (Å²) < 4.78 is 10.9. The molecule has 144 valence electrons. The monoisotopic (exact) mass is 377 g/mol. The molecule has 3 aromatic rings. The van der Waals surface area contributed by atoms with E-state index in [1.165, 1.54) is 5.56 Å². The van der Waals surface area contributed by atoms with Crippen molar-refractivity contribution in [2.75, 3.05) is 13.7 Å². The summed E-state index contributed by atoms with van der Waals surface area (Å²) in [6.07, 6.45) is 2.99. The van der Waals surface area contributed by atoms with Gasteiger partial charge in [0.1, 0.15) is 11.8 Å². The van der Waals surface area contributed by atoms with Gasteiger partial charge in [-0.25, -0.2) is 0 Å². The quantitative estimate of drug-likeness (QED) is 0.648. The van der Waals surface area contributed by atoms with Gasteiger partial charge in [-0.2, -0.15) is 4.98 Å². The summed E-state index contributed by atoms with van der Waals surface area (Å²) in [5.41, 5.74) is 1.95. The topological polar surface area (TPSA) is 68.5 Å². The molecular weight excluding hydrogens is 354 g/mol. The maximum atomic E-state index is 12.8. The Morgan fingerprint density at radius 1 is 1.18 bits per heavy atom. The van der Waals surface area contributed by atoms with E-state index in [0.717, 1.165) is 31.4 Å². The molecule has 28 heavy (non-hydrogen) atoms. The standard InChI is InChI=1S/C22H23N3O3/c1-27-19-12-6-5-10-17(19)21-23-22(28-24-21)18-11-7-15-25(18)20(26)14-13-16-8-3-2-4-9-16/h2-6,8-10,12,18H,7,11,13-15H2,1H3/t18-/m1/s1. The van der Waals surface area contributed by atoms with E-state index in [1.807, 2.05) is 59.5 Å². The number of hydrogen-bond donors (Lipinski definition) is 0. The third kappa shape index (κ3) is 3.76. The molecule has 2 heterocycles. The van der Waals surface area contributed by atoms with Gasteiger partial charge in [-0.15, -0.1) is 0 Å². The van der Waals surface area contributed by atoms with Gasteiger partial charge >= 0.3 is 0 Å². The van der Waals surface area contributed by atoms with E-state index in [9.17, 15) is 4.79 Å². The number of benzene rings is 2. The number of aromatic nitrogens is 2. The zero-order valence-electron chi connectivity index (χ0n) is 15.9. The largest absolute Gasteiger partial charge is 0.496 e. The van der Waals surface area contributed by atoms with Crippen molar-refractivity contribution in [3.05, 3.63) is 66.1 Å². The third-order valence-corrected chi connectivity index (χ3v) is 5.12. The first-order chi connectivity index (χ1) is 13.8. The highest BCUT2D eigenvalue weighted by Crippen LogP contribution is 2.34. The van der Waals surface area contributed by atoms with Crippen LogP contribution in [0.3, 0.4) is 0 Å². The van der Waals surface area contributed by atoms with Crippen molar-refractivity contribution in [3.63, 3.8) is 0 Å². The van der Waals surface area contributed by atoms with E-state index >= 15 is 0 Å². The smallest absolute Gasteiger partial charge is 0.249 e. The highest BCUT2D eigenvalue weighted by molar-refractivity contribution is 5.77. The van der Waals surface area contributed by atoms with Crippen LogP contribution in [0.2, 0.25) is 0 Å². The van der Waals surface area contributed by atoms with Crippen LogP contribution in [0.15, 0.2) is 59.1 Å². The molecule has 0 saturated carbocycles.